The summed E-state index contributed by atoms with van der Waals surface area (Å²) in [5, 5.41) is 3.59. The molecular weight excluding hydrogens is 363 g/mol. The van der Waals surface area contributed by atoms with Crippen LogP contribution in [0.25, 0.3) is 0 Å². The summed E-state index contributed by atoms with van der Waals surface area (Å²) in [5.41, 5.74) is 6.81. The van der Waals surface area contributed by atoms with E-state index in [2.05, 4.69) is 54.6 Å². The predicted molar refractivity (Wildman–Crippen MR) is 86.6 cm³/mol. The second kappa shape index (κ2) is 6.41. The Bertz CT molecular complexity index is 596. The van der Waals surface area contributed by atoms with Gasteiger partial charge in [0, 0.05) is 0 Å². The van der Waals surface area contributed by atoms with Crippen molar-refractivity contribution in [3.8, 4) is 0 Å². The Morgan fingerprint density at radius 2 is 1.05 bits per heavy atom. The molecule has 1 heterocycles. The molecule has 4 heteroatoms. The van der Waals surface area contributed by atoms with Gasteiger partial charge in [0.15, 0.2) is 0 Å². The second-order valence-corrected chi connectivity index (χ2v) is 13.7. The maximum absolute atomic E-state index is 2.59. The third-order valence-electron chi connectivity index (χ3n) is 6.03. The SMILES string of the molecule is CC1=[C]2[Ti+2][C]3=C(C)C(=C(C)C3C)[Si](C)(C)C1=C(C)C2C.[Cl-].[Cl-]. The Hall–Kier alpha value is 0.471. The van der Waals surface area contributed by atoms with E-state index in [1.807, 2.05) is 7.76 Å². The largest absolute Gasteiger partial charge is 1.00 e. The van der Waals surface area contributed by atoms with Crippen LogP contribution in [0.4, 0.5) is 0 Å². The average Bonchev–Trinajstić information content (AvgIpc) is 2.70. The normalized spacial score (nSPS) is 28.7. The first kappa shape index (κ1) is 20.5. The molecule has 120 valence electrons. The zero-order chi connectivity index (χ0) is 15.0. The van der Waals surface area contributed by atoms with Crippen LogP contribution in [0, 0.1) is 11.8 Å². The first-order valence-electron chi connectivity index (χ1n) is 7.81. The van der Waals surface area contributed by atoms with Crippen LogP contribution >= 0.6 is 0 Å². The van der Waals surface area contributed by atoms with Gasteiger partial charge in [0.1, 0.15) is 0 Å². The van der Waals surface area contributed by atoms with E-state index in [9.17, 15) is 0 Å². The minimum absolute atomic E-state index is 0. The number of fused-ring (bicyclic) bond motifs is 2. The summed E-state index contributed by atoms with van der Waals surface area (Å²) in [5.74, 6) is 1.45. The third kappa shape index (κ3) is 2.43. The molecule has 3 aliphatic rings. The quantitative estimate of drug-likeness (QED) is 0.484. The Morgan fingerprint density at radius 3 is 1.36 bits per heavy atom. The van der Waals surface area contributed by atoms with Crippen molar-refractivity contribution < 1.29 is 44.0 Å². The molecule has 0 amide bonds. The van der Waals surface area contributed by atoms with Crippen molar-refractivity contribution in [2.45, 2.75) is 54.6 Å². The monoisotopic (exact) mass is 388 g/mol. The van der Waals surface area contributed by atoms with Gasteiger partial charge in [-0.25, -0.2) is 0 Å². The molecular formula is C18H26Cl2SiTi. The molecule has 2 aliphatic carbocycles. The predicted octanol–water partition coefficient (Wildman–Crippen LogP) is -0.642. The molecule has 0 spiro atoms. The van der Waals surface area contributed by atoms with Crippen LogP contribution in [0.15, 0.2) is 40.4 Å². The van der Waals surface area contributed by atoms with Crippen LogP contribution in [-0.2, 0) is 19.2 Å². The summed E-state index contributed by atoms with van der Waals surface area (Å²) in [6.07, 6.45) is 0. The number of hydrogen-bond donors (Lipinski definition) is 0. The van der Waals surface area contributed by atoms with Gasteiger partial charge in [0.2, 0.25) is 0 Å². The number of hydrogen-bond acceptors (Lipinski definition) is 0. The zero-order valence-corrected chi connectivity index (χ0v) is 19.0. The molecule has 0 saturated carbocycles. The summed E-state index contributed by atoms with van der Waals surface area (Å²) < 4.78 is 3.68. The Labute approximate surface area is 158 Å². The topological polar surface area (TPSA) is 0 Å². The van der Waals surface area contributed by atoms with Crippen LogP contribution < -0.4 is 24.8 Å². The summed E-state index contributed by atoms with van der Waals surface area (Å²) in [6, 6.07) is 0. The van der Waals surface area contributed by atoms with E-state index in [0.29, 0.717) is 0 Å². The Morgan fingerprint density at radius 1 is 0.727 bits per heavy atom. The molecule has 4 bridgehead atoms. The van der Waals surface area contributed by atoms with Gasteiger partial charge in [-0.2, -0.15) is 0 Å². The molecule has 22 heavy (non-hydrogen) atoms. The van der Waals surface area contributed by atoms with Crippen LogP contribution in [0.2, 0.25) is 13.1 Å². The molecule has 2 unspecified atom stereocenters. The smallest absolute Gasteiger partial charge is 1.00 e. The van der Waals surface area contributed by atoms with Gasteiger partial charge < -0.3 is 24.8 Å². The van der Waals surface area contributed by atoms with Crippen LogP contribution in [-0.4, -0.2) is 8.07 Å². The van der Waals surface area contributed by atoms with Gasteiger partial charge in [-0.1, -0.05) is 0 Å². The van der Waals surface area contributed by atoms with E-state index in [-0.39, 0.29) is 44.0 Å². The van der Waals surface area contributed by atoms with Crippen molar-refractivity contribution in [1.82, 2.24) is 0 Å². The third-order valence-corrected chi connectivity index (χ3v) is 13.4. The molecule has 2 atom stereocenters. The van der Waals surface area contributed by atoms with Gasteiger partial charge in [0.25, 0.3) is 0 Å². The van der Waals surface area contributed by atoms with Crippen molar-refractivity contribution in [3.63, 3.8) is 0 Å². The van der Waals surface area contributed by atoms with Crippen molar-refractivity contribution in [1.29, 1.82) is 0 Å². The van der Waals surface area contributed by atoms with E-state index < -0.39 is 8.07 Å². The van der Waals surface area contributed by atoms with Gasteiger partial charge in [0.05, 0.1) is 0 Å². The fraction of sp³-hybridized carbons (Fsp3) is 0.556. The van der Waals surface area contributed by atoms with E-state index in [1.165, 1.54) is 0 Å². The molecule has 0 saturated heterocycles. The summed E-state index contributed by atoms with van der Waals surface area (Å²) in [4.78, 5) is 0. The first-order valence-corrected chi connectivity index (χ1v) is 12.4. The van der Waals surface area contributed by atoms with Crippen molar-refractivity contribution in [2.75, 3.05) is 0 Å². The molecule has 0 aromatic carbocycles. The van der Waals surface area contributed by atoms with Crippen molar-refractivity contribution in [3.05, 3.63) is 40.4 Å². The van der Waals surface area contributed by atoms with Crippen molar-refractivity contribution >= 4 is 8.07 Å². The number of allylic oxidation sites excluding steroid dienone is 8. The van der Waals surface area contributed by atoms with Crippen molar-refractivity contribution in [2.24, 2.45) is 11.8 Å². The zero-order valence-electron chi connectivity index (χ0n) is 14.9. The van der Waals surface area contributed by atoms with Crippen LogP contribution in [0.3, 0.4) is 0 Å². The fourth-order valence-corrected chi connectivity index (χ4v) is 12.9. The van der Waals surface area contributed by atoms with Crippen LogP contribution in [0.5, 0.6) is 0 Å². The summed E-state index contributed by atoms with van der Waals surface area (Å²) >= 11 is -0.0956. The van der Waals surface area contributed by atoms with Crippen LogP contribution in [0.1, 0.15) is 41.5 Å². The minimum Gasteiger partial charge on any atom is -1.00 e. The van der Waals surface area contributed by atoms with E-state index in [0.717, 1.165) is 11.8 Å². The second-order valence-electron chi connectivity index (χ2n) is 7.39. The molecule has 3 rings (SSSR count). The molecule has 1 aliphatic heterocycles. The molecule has 0 nitrogen and oxygen atoms in total. The molecule has 0 aromatic rings. The Kier molecular flexibility index (Phi) is 5.98. The molecule has 0 radical (unpaired) electrons. The van der Waals surface area contributed by atoms with E-state index >= 15 is 0 Å². The molecule has 0 N–H and O–H groups in total. The fourth-order valence-electron chi connectivity index (χ4n) is 4.97. The Balaban J connectivity index is 0.00000121. The first-order chi connectivity index (χ1) is 9.19. The maximum atomic E-state index is 2.59. The molecule has 0 aromatic heterocycles. The van der Waals surface area contributed by atoms with Gasteiger partial charge in [-0.15, -0.1) is 0 Å². The maximum Gasteiger partial charge on any atom is -1.00 e. The standard InChI is InChI=1S/C18H26Si.2ClH.Ti/c1-11-9-13(3)17(15(11)5)19(7,8)18-14(4)10-12(2)16(18)6;;;/h11-12H,1-8H3;2*1H;/q;;;+2/p-2. The number of rotatable bonds is 0. The van der Waals surface area contributed by atoms with Gasteiger partial charge in [-0.3, -0.25) is 0 Å². The van der Waals surface area contributed by atoms with E-state index in [1.54, 1.807) is 32.7 Å². The van der Waals surface area contributed by atoms with Gasteiger partial charge >= 0.3 is 134 Å². The van der Waals surface area contributed by atoms with Gasteiger partial charge in [-0.05, 0) is 0 Å². The average molecular weight is 389 g/mol. The minimum atomic E-state index is -1.52. The summed E-state index contributed by atoms with van der Waals surface area (Å²) in [6.45, 7) is 19.8. The number of halogens is 2. The van der Waals surface area contributed by atoms with E-state index in [4.69, 9.17) is 0 Å². The summed E-state index contributed by atoms with van der Waals surface area (Å²) in [7, 11) is -1.52. The molecule has 0 fully saturated rings.